The number of nitrogens with zero attached hydrogens (tertiary/aromatic N) is 1. The van der Waals surface area contributed by atoms with Crippen molar-refractivity contribution in [3.8, 4) is 0 Å². The lowest BCUT2D eigenvalue weighted by atomic mass is 10.2. The Morgan fingerprint density at radius 1 is 1.07 bits per heavy atom. The van der Waals surface area contributed by atoms with E-state index in [2.05, 4.69) is 0 Å². The molecule has 1 fully saturated rings. The SMILES string of the molecule is NCCCCC(=O)NS(=O)(=O)c1ccc(C(=O)ON2C(=O)CCC2=O)cc1. The van der Waals surface area contributed by atoms with E-state index in [9.17, 15) is 27.6 Å². The molecule has 11 heteroatoms. The van der Waals surface area contributed by atoms with Crippen molar-refractivity contribution in [1.82, 2.24) is 9.79 Å². The fourth-order valence-corrected chi connectivity index (χ4v) is 3.27. The van der Waals surface area contributed by atoms with E-state index < -0.39 is 33.7 Å². The van der Waals surface area contributed by atoms with Gasteiger partial charge in [-0.25, -0.2) is 17.9 Å². The van der Waals surface area contributed by atoms with Gasteiger partial charge in [0, 0.05) is 19.3 Å². The topological polar surface area (TPSA) is 153 Å². The molecular weight excluding hydrogens is 378 g/mol. The summed E-state index contributed by atoms with van der Waals surface area (Å²) >= 11 is 0. The van der Waals surface area contributed by atoms with Crippen LogP contribution in [0.1, 0.15) is 42.5 Å². The van der Waals surface area contributed by atoms with Crippen LogP contribution in [-0.2, 0) is 29.2 Å². The second kappa shape index (κ2) is 8.73. The van der Waals surface area contributed by atoms with Gasteiger partial charge in [0.1, 0.15) is 0 Å². The van der Waals surface area contributed by atoms with Gasteiger partial charge in [-0.1, -0.05) is 0 Å². The van der Waals surface area contributed by atoms with Gasteiger partial charge in [-0.2, -0.15) is 0 Å². The van der Waals surface area contributed by atoms with E-state index in [0.717, 1.165) is 24.3 Å². The van der Waals surface area contributed by atoms with Crippen LogP contribution in [-0.4, -0.2) is 43.7 Å². The predicted octanol–water partition coefficient (Wildman–Crippen LogP) is -0.159. The number of carbonyl (C=O) groups is 4. The normalized spacial score (nSPS) is 14.3. The van der Waals surface area contributed by atoms with E-state index in [0.29, 0.717) is 24.4 Å². The fraction of sp³-hybridized carbons (Fsp3) is 0.375. The molecule has 3 N–H and O–H groups in total. The maximum atomic E-state index is 12.2. The average molecular weight is 397 g/mol. The van der Waals surface area contributed by atoms with E-state index in [1.54, 1.807) is 0 Å². The first kappa shape index (κ1) is 20.5. The Morgan fingerprint density at radius 3 is 2.22 bits per heavy atom. The van der Waals surface area contributed by atoms with Crippen LogP contribution in [0, 0.1) is 0 Å². The molecule has 0 spiro atoms. The maximum absolute atomic E-state index is 12.2. The smallest absolute Gasteiger partial charge is 0.330 e. The number of benzene rings is 1. The zero-order valence-corrected chi connectivity index (χ0v) is 15.2. The van der Waals surface area contributed by atoms with Crippen molar-refractivity contribution in [3.63, 3.8) is 0 Å². The second-order valence-corrected chi connectivity index (χ2v) is 7.44. The lowest BCUT2D eigenvalue weighted by Gasteiger charge is -2.12. The standard InChI is InChI=1S/C16H19N3O7S/c17-10-2-1-3-13(20)18-27(24,25)12-6-4-11(5-7-12)16(23)26-19-14(21)8-9-15(19)22/h4-7H,1-3,8-10,17H2,(H,18,20). The van der Waals surface area contributed by atoms with Crippen LogP contribution in [0.3, 0.4) is 0 Å². The summed E-state index contributed by atoms with van der Waals surface area (Å²) in [5, 5.41) is 0.397. The Balaban J connectivity index is 2.01. The summed E-state index contributed by atoms with van der Waals surface area (Å²) in [6, 6.07) is 4.53. The summed E-state index contributed by atoms with van der Waals surface area (Å²) in [5.41, 5.74) is 5.25. The Hall–Kier alpha value is -2.79. The Morgan fingerprint density at radius 2 is 1.67 bits per heavy atom. The van der Waals surface area contributed by atoms with Crippen LogP contribution in [0.4, 0.5) is 0 Å². The number of nitrogens with one attached hydrogen (secondary N) is 1. The monoisotopic (exact) mass is 397 g/mol. The van der Waals surface area contributed by atoms with Gasteiger partial charge in [0.05, 0.1) is 10.5 Å². The third-order valence-corrected chi connectivity index (χ3v) is 5.08. The lowest BCUT2D eigenvalue weighted by Crippen LogP contribution is -2.32. The molecule has 1 saturated heterocycles. The molecular formula is C16H19N3O7S. The van der Waals surface area contributed by atoms with Crippen molar-refractivity contribution < 1.29 is 32.4 Å². The van der Waals surface area contributed by atoms with Crippen LogP contribution >= 0.6 is 0 Å². The number of hydroxylamine groups is 2. The molecule has 10 nitrogen and oxygen atoms in total. The Labute approximate surface area is 155 Å². The zero-order chi connectivity index (χ0) is 20.0. The highest BCUT2D eigenvalue weighted by Crippen LogP contribution is 2.16. The van der Waals surface area contributed by atoms with Gasteiger partial charge in [0.25, 0.3) is 21.8 Å². The van der Waals surface area contributed by atoms with E-state index in [4.69, 9.17) is 10.6 Å². The Bertz CT molecular complexity index is 833. The van der Waals surface area contributed by atoms with E-state index in [-0.39, 0.29) is 29.7 Å². The first-order valence-corrected chi connectivity index (χ1v) is 9.67. The number of carbonyl (C=O) groups excluding carboxylic acids is 4. The number of rotatable bonds is 8. The summed E-state index contributed by atoms with van der Waals surface area (Å²) in [4.78, 5) is 51.0. The van der Waals surface area contributed by atoms with Crippen molar-refractivity contribution in [1.29, 1.82) is 0 Å². The molecule has 1 heterocycles. The van der Waals surface area contributed by atoms with Gasteiger partial charge < -0.3 is 10.6 Å². The number of hydrogen-bond acceptors (Lipinski definition) is 8. The molecule has 146 valence electrons. The highest BCUT2D eigenvalue weighted by Gasteiger charge is 2.33. The molecule has 0 radical (unpaired) electrons. The van der Waals surface area contributed by atoms with Gasteiger partial charge >= 0.3 is 5.97 Å². The van der Waals surface area contributed by atoms with Crippen molar-refractivity contribution in [2.24, 2.45) is 5.73 Å². The number of amides is 3. The summed E-state index contributed by atoms with van der Waals surface area (Å²) in [5.74, 6) is -2.87. The van der Waals surface area contributed by atoms with Crippen molar-refractivity contribution in [2.75, 3.05) is 6.54 Å². The van der Waals surface area contributed by atoms with Crippen LogP contribution in [0.2, 0.25) is 0 Å². The van der Waals surface area contributed by atoms with Gasteiger partial charge in [-0.15, -0.1) is 5.06 Å². The molecule has 0 bridgehead atoms. The highest BCUT2D eigenvalue weighted by atomic mass is 32.2. The zero-order valence-electron chi connectivity index (χ0n) is 14.3. The number of nitrogens with two attached hydrogens (primary N) is 1. The van der Waals surface area contributed by atoms with Gasteiger partial charge in [0.2, 0.25) is 5.91 Å². The third kappa shape index (κ3) is 5.34. The molecule has 1 aliphatic rings. The van der Waals surface area contributed by atoms with Gasteiger partial charge in [-0.05, 0) is 43.7 Å². The van der Waals surface area contributed by atoms with Crippen LogP contribution in [0.15, 0.2) is 29.2 Å². The van der Waals surface area contributed by atoms with E-state index >= 15 is 0 Å². The summed E-state index contributed by atoms with van der Waals surface area (Å²) in [6.45, 7) is 0.409. The summed E-state index contributed by atoms with van der Waals surface area (Å²) in [7, 11) is -4.08. The number of sulfonamides is 1. The molecule has 0 aromatic heterocycles. The molecule has 0 unspecified atom stereocenters. The van der Waals surface area contributed by atoms with Crippen molar-refractivity contribution >= 4 is 33.7 Å². The molecule has 2 rings (SSSR count). The predicted molar refractivity (Wildman–Crippen MR) is 91.2 cm³/mol. The largest absolute Gasteiger partial charge is 0.363 e. The second-order valence-electron chi connectivity index (χ2n) is 5.76. The number of imide groups is 1. The number of unbranched alkanes of at least 4 members (excludes halogenated alkanes) is 1. The minimum absolute atomic E-state index is 0.0265. The third-order valence-electron chi connectivity index (χ3n) is 3.69. The van der Waals surface area contributed by atoms with Crippen LogP contribution < -0.4 is 10.5 Å². The molecule has 0 aliphatic carbocycles. The summed E-state index contributed by atoms with van der Waals surface area (Å²) in [6.07, 6.45) is 1.03. The first-order chi connectivity index (χ1) is 12.7. The number of hydrogen-bond donors (Lipinski definition) is 2. The van der Waals surface area contributed by atoms with E-state index in [1.807, 2.05) is 4.72 Å². The van der Waals surface area contributed by atoms with E-state index in [1.165, 1.54) is 0 Å². The van der Waals surface area contributed by atoms with Crippen molar-refractivity contribution in [3.05, 3.63) is 29.8 Å². The van der Waals surface area contributed by atoms with Gasteiger partial charge in [0.15, 0.2) is 0 Å². The molecule has 3 amide bonds. The van der Waals surface area contributed by atoms with Crippen molar-refractivity contribution in [2.45, 2.75) is 37.0 Å². The quantitative estimate of drug-likeness (QED) is 0.453. The maximum Gasteiger partial charge on any atom is 0.363 e. The summed E-state index contributed by atoms with van der Waals surface area (Å²) < 4.78 is 26.2. The van der Waals surface area contributed by atoms with Gasteiger partial charge in [-0.3, -0.25) is 14.4 Å². The first-order valence-electron chi connectivity index (χ1n) is 8.18. The minimum Gasteiger partial charge on any atom is -0.330 e. The molecule has 1 aromatic rings. The molecule has 27 heavy (non-hydrogen) atoms. The highest BCUT2D eigenvalue weighted by molar-refractivity contribution is 7.90. The lowest BCUT2D eigenvalue weighted by molar-refractivity contribution is -0.172. The van der Waals surface area contributed by atoms with Crippen LogP contribution in [0.25, 0.3) is 0 Å². The minimum atomic E-state index is -4.08. The van der Waals surface area contributed by atoms with Crippen LogP contribution in [0.5, 0.6) is 0 Å². The Kier molecular flexibility index (Phi) is 6.64. The molecule has 0 saturated carbocycles. The molecule has 0 atom stereocenters. The molecule has 1 aliphatic heterocycles. The average Bonchev–Trinajstić information content (AvgIpc) is 2.93. The molecule has 1 aromatic carbocycles. The fourth-order valence-electron chi connectivity index (χ4n) is 2.25.